The molecular weight excluding hydrogens is 865 g/mol. The van der Waals surface area contributed by atoms with E-state index in [-0.39, 0.29) is 31.2 Å². The number of hydrogen-bond acceptors (Lipinski definition) is 11. The zero-order valence-electron chi connectivity index (χ0n) is 36.4. The van der Waals surface area contributed by atoms with Crippen molar-refractivity contribution in [1.82, 2.24) is 15.6 Å². The fourth-order valence-electron chi connectivity index (χ4n) is 8.29. The number of alkyl carbamates (subject to hydrolysis) is 1. The van der Waals surface area contributed by atoms with Gasteiger partial charge in [0.1, 0.15) is 31.2 Å². The van der Waals surface area contributed by atoms with Crippen LogP contribution in [0.3, 0.4) is 0 Å². The highest BCUT2D eigenvalue weighted by Crippen LogP contribution is 2.49. The highest BCUT2D eigenvalue weighted by atomic mass is 79.9. The summed E-state index contributed by atoms with van der Waals surface area (Å²) in [6, 6.07) is 19.4. The lowest BCUT2D eigenvalue weighted by Crippen LogP contribution is -2.50. The standard InChI is InChI=1S/C45H57BrN4O10Si/c1-26(2)36(41-49-37(42(52)57-10)39(59-41)45(55)33-17-14-18-34(46)38(33)50(25-56-9)43(45)53)48-40(51)35(47-44(54)58-24-31-15-12-11-13-16-31)23-30-19-21-32(22-20-30)60-61(27(3)4,28(5)6)29(7)8/h11-22,26-29,35-36,55H,23-25H2,1-10H3,(H,47,54)(H,48,51)/t35-,36-,45?/m0/s1. The number of carbonyl (C=O) groups excluding carboxylic acids is 4. The molecule has 4 aromatic rings. The largest absolute Gasteiger partial charge is 0.543 e. The van der Waals surface area contributed by atoms with Gasteiger partial charge in [0.25, 0.3) is 14.2 Å². The monoisotopic (exact) mass is 920 g/mol. The maximum Gasteiger partial charge on any atom is 0.408 e. The minimum atomic E-state index is -2.53. The second kappa shape index (κ2) is 19.8. The molecule has 1 unspecified atom stereocenters. The van der Waals surface area contributed by atoms with Crippen LogP contribution in [0.5, 0.6) is 5.75 Å². The second-order valence-electron chi connectivity index (χ2n) is 16.5. The highest BCUT2D eigenvalue weighted by Gasteiger charge is 2.57. The Morgan fingerprint density at radius 3 is 2.08 bits per heavy atom. The third-order valence-corrected chi connectivity index (χ3v) is 17.9. The van der Waals surface area contributed by atoms with Crippen molar-refractivity contribution in [2.24, 2.45) is 5.92 Å². The molecule has 0 saturated heterocycles. The lowest BCUT2D eigenvalue weighted by atomic mass is 9.91. The molecule has 2 heterocycles. The van der Waals surface area contributed by atoms with Crippen LogP contribution in [0.15, 0.2) is 81.7 Å². The van der Waals surface area contributed by atoms with Crippen molar-refractivity contribution < 1.29 is 47.3 Å². The van der Waals surface area contributed by atoms with Gasteiger partial charge in [0.05, 0.1) is 12.8 Å². The molecule has 0 spiro atoms. The summed E-state index contributed by atoms with van der Waals surface area (Å²) >= 11 is 3.46. The molecule has 5 rings (SSSR count). The molecule has 0 saturated carbocycles. The summed E-state index contributed by atoms with van der Waals surface area (Å²) in [5.74, 6) is -2.79. The van der Waals surface area contributed by atoms with Crippen molar-refractivity contribution in [3.8, 4) is 5.75 Å². The molecule has 1 aliphatic rings. The number of para-hydroxylation sites is 1. The van der Waals surface area contributed by atoms with Crippen molar-refractivity contribution in [3.05, 3.63) is 111 Å². The maximum atomic E-state index is 14.4. The van der Waals surface area contributed by atoms with Gasteiger partial charge in [-0.3, -0.25) is 14.5 Å². The molecule has 0 radical (unpaired) electrons. The minimum Gasteiger partial charge on any atom is -0.543 e. The smallest absolute Gasteiger partial charge is 0.408 e. The van der Waals surface area contributed by atoms with Gasteiger partial charge in [0.2, 0.25) is 17.4 Å². The number of ether oxygens (including phenoxy) is 3. The number of rotatable bonds is 18. The predicted octanol–water partition coefficient (Wildman–Crippen LogP) is 8.32. The van der Waals surface area contributed by atoms with E-state index in [4.69, 9.17) is 23.1 Å². The number of anilines is 1. The molecule has 3 aromatic carbocycles. The topological polar surface area (TPSA) is 179 Å². The Bertz CT molecular complexity index is 2160. The summed E-state index contributed by atoms with van der Waals surface area (Å²) in [6.45, 7) is 16.7. The molecule has 16 heteroatoms. The van der Waals surface area contributed by atoms with Crippen molar-refractivity contribution in [1.29, 1.82) is 0 Å². The number of carbonyl (C=O) groups is 4. The fourth-order valence-corrected chi connectivity index (χ4v) is 14.1. The van der Waals surface area contributed by atoms with E-state index in [2.05, 4.69) is 73.1 Å². The molecule has 0 bridgehead atoms. The zero-order valence-corrected chi connectivity index (χ0v) is 39.0. The molecule has 3 amide bonds. The first-order valence-electron chi connectivity index (χ1n) is 20.4. The van der Waals surface area contributed by atoms with Crippen LogP contribution in [-0.4, -0.2) is 69.3 Å². The molecule has 3 atom stereocenters. The van der Waals surface area contributed by atoms with Gasteiger partial charge in [0, 0.05) is 23.6 Å². The third kappa shape index (κ3) is 9.72. The van der Waals surface area contributed by atoms with Crippen molar-refractivity contribution in [2.75, 3.05) is 25.9 Å². The van der Waals surface area contributed by atoms with Crippen LogP contribution in [0, 0.1) is 5.92 Å². The van der Waals surface area contributed by atoms with E-state index < -0.39 is 67.3 Å². The van der Waals surface area contributed by atoms with E-state index in [9.17, 15) is 24.3 Å². The average molecular weight is 922 g/mol. The third-order valence-electron chi connectivity index (χ3n) is 11.2. The average Bonchev–Trinajstić information content (AvgIpc) is 3.76. The lowest BCUT2D eigenvalue weighted by molar-refractivity contribution is -0.134. The van der Waals surface area contributed by atoms with Crippen LogP contribution in [0.25, 0.3) is 0 Å². The number of aromatic nitrogens is 1. The molecule has 0 aliphatic carbocycles. The van der Waals surface area contributed by atoms with Gasteiger partial charge in [0.15, 0.2) is 11.5 Å². The number of oxazole rings is 1. The fraction of sp³-hybridized carbons (Fsp3) is 0.444. The summed E-state index contributed by atoms with van der Waals surface area (Å²) in [5.41, 5.74) is 0.0521. The SMILES string of the molecule is COCN1C(=O)C(O)(c2oc([C@@H](NC(=O)[C@H](Cc3ccc(O[Si](C(C)C)(C(C)C)C(C)C)cc3)NC(=O)OCc3ccccc3)C(C)C)nc2C(=O)OC)c2cccc(Br)c21. The molecule has 0 fully saturated rings. The number of amides is 3. The van der Waals surface area contributed by atoms with Gasteiger partial charge in [-0.25, -0.2) is 14.6 Å². The van der Waals surface area contributed by atoms with Gasteiger partial charge in [-0.1, -0.05) is 110 Å². The number of methoxy groups -OCH3 is 2. The number of nitrogens with one attached hydrogen (secondary N) is 2. The quantitative estimate of drug-likeness (QED) is 0.0646. The summed E-state index contributed by atoms with van der Waals surface area (Å²) in [6.07, 6.45) is -0.747. The Hall–Kier alpha value is -5.03. The molecule has 61 heavy (non-hydrogen) atoms. The van der Waals surface area contributed by atoms with Crippen LogP contribution in [0.1, 0.15) is 100 Å². The Morgan fingerprint density at radius 2 is 1.51 bits per heavy atom. The normalized spacial score (nSPS) is 16.2. The number of hydrogen-bond donors (Lipinski definition) is 3. The first-order chi connectivity index (χ1) is 28.9. The highest BCUT2D eigenvalue weighted by molar-refractivity contribution is 9.10. The Kier molecular flexibility index (Phi) is 15.2. The van der Waals surface area contributed by atoms with E-state index in [1.54, 1.807) is 26.0 Å². The van der Waals surface area contributed by atoms with Crippen LogP contribution in [0.2, 0.25) is 16.6 Å². The van der Waals surface area contributed by atoms with Gasteiger partial charge in [-0.2, -0.15) is 0 Å². The maximum absolute atomic E-state index is 14.4. The Balaban J connectivity index is 1.48. The Morgan fingerprint density at radius 1 is 0.869 bits per heavy atom. The van der Waals surface area contributed by atoms with Gasteiger partial charge in [-0.15, -0.1) is 0 Å². The van der Waals surface area contributed by atoms with Gasteiger partial charge >= 0.3 is 12.1 Å². The summed E-state index contributed by atoms with van der Waals surface area (Å²) < 4.78 is 29.4. The molecule has 1 aliphatic heterocycles. The predicted molar refractivity (Wildman–Crippen MR) is 235 cm³/mol. The van der Waals surface area contributed by atoms with Crippen LogP contribution in [-0.2, 0) is 42.4 Å². The zero-order chi connectivity index (χ0) is 44.8. The first-order valence-corrected chi connectivity index (χ1v) is 23.3. The first kappa shape index (κ1) is 47.0. The van der Waals surface area contributed by atoms with E-state index >= 15 is 0 Å². The number of nitrogens with zero attached hydrogens (tertiary/aromatic N) is 2. The summed E-state index contributed by atoms with van der Waals surface area (Å²) in [7, 11) is 0.294. The number of halogens is 1. The molecule has 14 nitrogen and oxygen atoms in total. The van der Waals surface area contributed by atoms with Crippen LogP contribution < -0.4 is 20.0 Å². The van der Waals surface area contributed by atoms with Crippen molar-refractivity contribution >= 4 is 53.8 Å². The lowest BCUT2D eigenvalue weighted by Gasteiger charge is -2.42. The summed E-state index contributed by atoms with van der Waals surface area (Å²) in [4.78, 5) is 60.7. The molecular formula is C45H57BrN4O10Si. The number of aliphatic hydroxyl groups is 1. The number of benzene rings is 3. The van der Waals surface area contributed by atoms with E-state index in [0.717, 1.165) is 24.0 Å². The van der Waals surface area contributed by atoms with Gasteiger partial charge < -0.3 is 38.8 Å². The van der Waals surface area contributed by atoms with E-state index in [1.807, 2.05) is 54.6 Å². The Labute approximate surface area is 366 Å². The van der Waals surface area contributed by atoms with E-state index in [0.29, 0.717) is 26.8 Å². The van der Waals surface area contributed by atoms with Crippen LogP contribution in [0.4, 0.5) is 10.5 Å². The van der Waals surface area contributed by atoms with E-state index in [1.165, 1.54) is 18.1 Å². The van der Waals surface area contributed by atoms with Gasteiger partial charge in [-0.05, 0) is 67.8 Å². The van der Waals surface area contributed by atoms with Crippen LogP contribution >= 0.6 is 15.9 Å². The molecule has 328 valence electrons. The number of esters is 1. The second-order valence-corrected chi connectivity index (χ2v) is 22.7. The minimum absolute atomic E-state index is 0.0204. The number of fused-ring (bicyclic) bond motifs is 1. The molecule has 3 N–H and O–H groups in total. The molecule has 1 aromatic heterocycles. The summed E-state index contributed by atoms with van der Waals surface area (Å²) in [5, 5.41) is 18.0. The van der Waals surface area contributed by atoms with Crippen molar-refractivity contribution in [2.45, 2.75) is 103 Å². The van der Waals surface area contributed by atoms with Crippen molar-refractivity contribution in [3.63, 3.8) is 0 Å².